The summed E-state index contributed by atoms with van der Waals surface area (Å²) < 4.78 is 62.0. The molecule has 2 aromatic rings. The smallest absolute Gasteiger partial charge is 0.370 e. The van der Waals surface area contributed by atoms with Crippen LogP contribution in [-0.4, -0.2) is 46.1 Å². The van der Waals surface area contributed by atoms with Crippen molar-refractivity contribution in [2.24, 2.45) is 5.92 Å². The van der Waals surface area contributed by atoms with E-state index >= 15 is 0 Å². The highest BCUT2D eigenvalue weighted by Gasteiger charge is 2.37. The number of anilines is 1. The number of fused-ring (bicyclic) bond motifs is 1. The molecule has 0 amide bonds. The van der Waals surface area contributed by atoms with Crippen LogP contribution in [0.3, 0.4) is 0 Å². The molecule has 1 saturated heterocycles. The summed E-state index contributed by atoms with van der Waals surface area (Å²) in [5.74, 6) is -0.959. The number of hydrogen-bond acceptors (Lipinski definition) is 6. The predicted molar refractivity (Wildman–Crippen MR) is 75.8 cm³/mol. The molecule has 1 aliphatic heterocycles. The second-order valence-electron chi connectivity index (χ2n) is 5.58. The summed E-state index contributed by atoms with van der Waals surface area (Å²) in [6.07, 6.45) is -4.12. The largest absolute Gasteiger partial charge is 0.453 e. The van der Waals surface area contributed by atoms with Crippen molar-refractivity contribution in [2.75, 3.05) is 23.4 Å². The van der Waals surface area contributed by atoms with Gasteiger partial charge in [-0.2, -0.15) is 22.7 Å². The second-order valence-corrected chi connectivity index (χ2v) is 7.81. The van der Waals surface area contributed by atoms with Crippen molar-refractivity contribution in [1.82, 2.24) is 19.6 Å². The van der Waals surface area contributed by atoms with Gasteiger partial charge in [-0.05, 0) is 19.3 Å². The van der Waals surface area contributed by atoms with Gasteiger partial charge in [0.05, 0.1) is 11.5 Å². The highest BCUT2D eigenvalue weighted by molar-refractivity contribution is 7.91. The fourth-order valence-electron chi connectivity index (χ4n) is 2.51. The van der Waals surface area contributed by atoms with E-state index in [-0.39, 0.29) is 23.2 Å². The molecule has 0 aliphatic carbocycles. The number of sulfone groups is 1. The van der Waals surface area contributed by atoms with Crippen LogP contribution in [0.5, 0.6) is 0 Å². The number of rotatable bonds is 3. The average molecular weight is 349 g/mol. The van der Waals surface area contributed by atoms with Crippen molar-refractivity contribution in [2.45, 2.75) is 19.5 Å². The Morgan fingerprint density at radius 1 is 1.39 bits per heavy atom. The molecule has 1 atom stereocenters. The molecule has 1 unspecified atom stereocenters. The Hall–Kier alpha value is -1.91. The first-order chi connectivity index (χ1) is 10.6. The maximum absolute atomic E-state index is 12.7. The third-order valence-corrected chi connectivity index (χ3v) is 5.43. The first-order valence-electron chi connectivity index (χ1n) is 6.90. The third-order valence-electron chi connectivity index (χ3n) is 3.59. The van der Waals surface area contributed by atoms with Gasteiger partial charge in [-0.3, -0.25) is 0 Å². The fourth-order valence-corrected chi connectivity index (χ4v) is 4.38. The van der Waals surface area contributed by atoms with E-state index in [0.29, 0.717) is 24.5 Å². The van der Waals surface area contributed by atoms with E-state index < -0.39 is 21.8 Å². The Balaban J connectivity index is 1.86. The Morgan fingerprint density at radius 3 is 2.74 bits per heavy atom. The molecule has 1 fully saturated rings. The van der Waals surface area contributed by atoms with Gasteiger partial charge in [-0.25, -0.2) is 13.4 Å². The first kappa shape index (κ1) is 16.0. The molecule has 11 heteroatoms. The number of nitrogens with zero attached hydrogens (tertiary/aromatic N) is 4. The van der Waals surface area contributed by atoms with Crippen LogP contribution < -0.4 is 5.32 Å². The number of hydrogen-bond donors (Lipinski definition) is 1. The van der Waals surface area contributed by atoms with Gasteiger partial charge in [-0.15, -0.1) is 5.10 Å². The molecule has 23 heavy (non-hydrogen) atoms. The van der Waals surface area contributed by atoms with Crippen LogP contribution in [0, 0.1) is 12.8 Å². The molecule has 1 aliphatic rings. The van der Waals surface area contributed by atoms with Crippen LogP contribution >= 0.6 is 0 Å². The molecule has 0 spiro atoms. The second kappa shape index (κ2) is 5.32. The summed E-state index contributed by atoms with van der Waals surface area (Å²) in [5.41, 5.74) is 0.486. The van der Waals surface area contributed by atoms with E-state index in [1.54, 1.807) is 13.0 Å². The lowest BCUT2D eigenvalue weighted by atomic mass is 10.1. The Labute approximate surface area is 129 Å². The molecule has 3 heterocycles. The maximum Gasteiger partial charge on any atom is 0.453 e. The predicted octanol–water partition coefficient (Wildman–Crippen LogP) is 1.30. The number of alkyl halides is 3. The topological polar surface area (TPSA) is 89.2 Å². The van der Waals surface area contributed by atoms with E-state index in [4.69, 9.17) is 0 Å². The highest BCUT2D eigenvalue weighted by Crippen LogP contribution is 2.27. The number of halogens is 3. The maximum atomic E-state index is 12.7. The fraction of sp³-hybridized carbons (Fsp3) is 0.583. The molecule has 1 N–H and O–H groups in total. The molecule has 0 radical (unpaired) electrons. The van der Waals surface area contributed by atoms with Crippen molar-refractivity contribution >= 4 is 21.4 Å². The van der Waals surface area contributed by atoms with Gasteiger partial charge >= 0.3 is 6.18 Å². The molecule has 3 rings (SSSR count). The lowest BCUT2D eigenvalue weighted by Gasteiger charge is -2.12. The van der Waals surface area contributed by atoms with Crippen LogP contribution in [0.25, 0.3) is 5.78 Å². The molecule has 0 bridgehead atoms. The summed E-state index contributed by atoms with van der Waals surface area (Å²) in [4.78, 5) is 7.31. The lowest BCUT2D eigenvalue weighted by molar-refractivity contribution is -0.144. The summed E-state index contributed by atoms with van der Waals surface area (Å²) in [6.45, 7) is 1.96. The van der Waals surface area contributed by atoms with E-state index in [0.717, 1.165) is 4.52 Å². The summed E-state index contributed by atoms with van der Waals surface area (Å²) >= 11 is 0. The zero-order valence-electron chi connectivity index (χ0n) is 12.1. The standard InChI is InChI=1S/C12H14F3N5O2S/c1-7-4-9(16-5-8-2-3-23(21,22)6-8)20-11(17-7)18-10(19-20)12(13,14)15/h4,8,16H,2-3,5-6H2,1H3. The van der Waals surface area contributed by atoms with Crippen molar-refractivity contribution in [3.05, 3.63) is 17.6 Å². The minimum absolute atomic E-state index is 0.0749. The Kier molecular flexibility index (Phi) is 3.69. The zero-order valence-corrected chi connectivity index (χ0v) is 12.9. The number of aromatic nitrogens is 4. The number of aryl methyl sites for hydroxylation is 1. The molecule has 0 aromatic carbocycles. The Morgan fingerprint density at radius 2 is 2.13 bits per heavy atom. The summed E-state index contributed by atoms with van der Waals surface area (Å²) in [5, 5.41) is 6.40. The highest BCUT2D eigenvalue weighted by atomic mass is 32.2. The van der Waals surface area contributed by atoms with Crippen LogP contribution in [0.1, 0.15) is 17.9 Å². The molecule has 2 aromatic heterocycles. The van der Waals surface area contributed by atoms with Gasteiger partial charge in [0.1, 0.15) is 5.82 Å². The van der Waals surface area contributed by atoms with Crippen LogP contribution in [0.2, 0.25) is 0 Å². The van der Waals surface area contributed by atoms with Gasteiger partial charge in [0, 0.05) is 18.3 Å². The van der Waals surface area contributed by atoms with E-state index in [9.17, 15) is 21.6 Å². The van der Waals surface area contributed by atoms with Crippen molar-refractivity contribution < 1.29 is 21.6 Å². The van der Waals surface area contributed by atoms with Crippen molar-refractivity contribution in [3.63, 3.8) is 0 Å². The van der Waals surface area contributed by atoms with Gasteiger partial charge < -0.3 is 5.32 Å². The zero-order chi connectivity index (χ0) is 16.8. The van der Waals surface area contributed by atoms with Crippen LogP contribution in [0.15, 0.2) is 6.07 Å². The van der Waals surface area contributed by atoms with Gasteiger partial charge in [0.2, 0.25) is 0 Å². The molecular formula is C12H14F3N5O2S. The Bertz CT molecular complexity index is 846. The van der Waals surface area contributed by atoms with Crippen molar-refractivity contribution in [1.29, 1.82) is 0 Å². The van der Waals surface area contributed by atoms with Crippen LogP contribution in [-0.2, 0) is 16.0 Å². The summed E-state index contributed by atoms with van der Waals surface area (Å²) in [7, 11) is -3.00. The quantitative estimate of drug-likeness (QED) is 0.898. The van der Waals surface area contributed by atoms with Gasteiger partial charge in [-0.1, -0.05) is 0 Å². The summed E-state index contributed by atoms with van der Waals surface area (Å²) in [6, 6.07) is 1.55. The SMILES string of the molecule is Cc1cc(NCC2CCS(=O)(=O)C2)n2nc(C(F)(F)F)nc2n1. The van der Waals surface area contributed by atoms with Crippen molar-refractivity contribution in [3.8, 4) is 0 Å². The van der Waals surface area contributed by atoms with Gasteiger partial charge in [0.15, 0.2) is 9.84 Å². The minimum Gasteiger partial charge on any atom is -0.370 e. The normalized spacial score (nSPS) is 21.0. The van der Waals surface area contributed by atoms with Gasteiger partial charge in [0.25, 0.3) is 11.6 Å². The molecule has 126 valence electrons. The van der Waals surface area contributed by atoms with E-state index in [1.165, 1.54) is 0 Å². The average Bonchev–Trinajstić information content (AvgIpc) is 2.98. The molecule has 7 nitrogen and oxygen atoms in total. The number of nitrogens with one attached hydrogen (secondary N) is 1. The third kappa shape index (κ3) is 3.38. The van der Waals surface area contributed by atoms with Crippen LogP contribution in [0.4, 0.5) is 19.0 Å². The molecule has 0 saturated carbocycles. The van der Waals surface area contributed by atoms with E-state index in [1.807, 2.05) is 0 Å². The minimum atomic E-state index is -4.65. The molecular weight excluding hydrogens is 335 g/mol. The monoisotopic (exact) mass is 349 g/mol. The first-order valence-corrected chi connectivity index (χ1v) is 8.72. The van der Waals surface area contributed by atoms with E-state index in [2.05, 4.69) is 20.4 Å². The lowest BCUT2D eigenvalue weighted by Crippen LogP contribution is -2.18.